The van der Waals surface area contributed by atoms with E-state index in [1.54, 1.807) is 7.05 Å². The number of carbonyl (C=O) groups is 1. The number of rotatable bonds is 5. The predicted octanol–water partition coefficient (Wildman–Crippen LogP) is 0.310. The molecule has 0 saturated heterocycles. The second kappa shape index (κ2) is 6.16. The van der Waals surface area contributed by atoms with Gasteiger partial charge in [-0.25, -0.2) is 0 Å². The van der Waals surface area contributed by atoms with Crippen molar-refractivity contribution in [3.05, 3.63) is 35.9 Å². The highest BCUT2D eigenvalue weighted by Gasteiger charge is 2.16. The van der Waals surface area contributed by atoms with Gasteiger partial charge in [0.1, 0.15) is 12.6 Å². The first-order valence-corrected chi connectivity index (χ1v) is 4.76. The lowest BCUT2D eigenvalue weighted by molar-refractivity contribution is -0.148. The number of aliphatic hydroxyl groups is 1. The average Bonchev–Trinajstić information content (AvgIpc) is 2.29. The molecule has 0 bridgehead atoms. The summed E-state index contributed by atoms with van der Waals surface area (Å²) in [6, 6.07) is 8.76. The lowest BCUT2D eigenvalue weighted by Crippen LogP contribution is -2.38. The predicted molar refractivity (Wildman–Crippen MR) is 56.2 cm³/mol. The number of benzene rings is 1. The molecule has 82 valence electrons. The van der Waals surface area contributed by atoms with Crippen LogP contribution in [0, 0.1) is 0 Å². The molecule has 0 aromatic heterocycles. The SMILES string of the molecule is CN[C@@H](CO)C(=O)OCc1ccccc1. The number of hydrogen-bond acceptors (Lipinski definition) is 4. The van der Waals surface area contributed by atoms with Gasteiger partial charge in [0.2, 0.25) is 0 Å². The van der Waals surface area contributed by atoms with Crippen molar-refractivity contribution >= 4 is 5.97 Å². The number of ether oxygens (including phenoxy) is 1. The molecule has 1 aromatic carbocycles. The second-order valence-electron chi connectivity index (χ2n) is 3.12. The van der Waals surface area contributed by atoms with Crippen LogP contribution in [0.4, 0.5) is 0 Å². The fraction of sp³-hybridized carbons (Fsp3) is 0.364. The largest absolute Gasteiger partial charge is 0.460 e. The van der Waals surface area contributed by atoms with Crippen LogP contribution in [0.15, 0.2) is 30.3 Å². The highest BCUT2D eigenvalue weighted by molar-refractivity contribution is 5.75. The zero-order chi connectivity index (χ0) is 11.1. The minimum atomic E-state index is -0.645. The van der Waals surface area contributed by atoms with E-state index >= 15 is 0 Å². The highest BCUT2D eigenvalue weighted by Crippen LogP contribution is 2.01. The molecule has 0 aliphatic heterocycles. The molecule has 4 nitrogen and oxygen atoms in total. The molecular weight excluding hydrogens is 194 g/mol. The molecule has 0 radical (unpaired) electrons. The van der Waals surface area contributed by atoms with E-state index in [1.165, 1.54) is 0 Å². The molecule has 0 amide bonds. The summed E-state index contributed by atoms with van der Waals surface area (Å²) in [5.41, 5.74) is 0.929. The van der Waals surface area contributed by atoms with E-state index in [0.717, 1.165) is 5.56 Å². The van der Waals surface area contributed by atoms with Gasteiger partial charge in [-0.05, 0) is 12.6 Å². The third kappa shape index (κ3) is 3.69. The quantitative estimate of drug-likeness (QED) is 0.685. The summed E-state index contributed by atoms with van der Waals surface area (Å²) >= 11 is 0. The Morgan fingerprint density at radius 2 is 2.13 bits per heavy atom. The van der Waals surface area contributed by atoms with Crippen molar-refractivity contribution in [2.24, 2.45) is 0 Å². The molecule has 0 aliphatic carbocycles. The van der Waals surface area contributed by atoms with Crippen molar-refractivity contribution in [2.75, 3.05) is 13.7 Å². The molecule has 0 fully saturated rings. The maximum absolute atomic E-state index is 11.3. The molecule has 1 atom stereocenters. The number of aliphatic hydroxyl groups excluding tert-OH is 1. The Kier molecular flexibility index (Phi) is 4.80. The van der Waals surface area contributed by atoms with Gasteiger partial charge < -0.3 is 15.2 Å². The van der Waals surface area contributed by atoms with E-state index in [4.69, 9.17) is 9.84 Å². The maximum Gasteiger partial charge on any atom is 0.325 e. The number of nitrogens with one attached hydrogen (secondary N) is 1. The van der Waals surface area contributed by atoms with Crippen LogP contribution in [0.2, 0.25) is 0 Å². The molecule has 0 aliphatic rings. The number of esters is 1. The lowest BCUT2D eigenvalue weighted by Gasteiger charge is -2.12. The van der Waals surface area contributed by atoms with Gasteiger partial charge in [-0.15, -0.1) is 0 Å². The summed E-state index contributed by atoms with van der Waals surface area (Å²) in [6.07, 6.45) is 0. The second-order valence-corrected chi connectivity index (χ2v) is 3.12. The smallest absolute Gasteiger partial charge is 0.325 e. The van der Waals surface area contributed by atoms with Crippen molar-refractivity contribution in [3.8, 4) is 0 Å². The Balaban J connectivity index is 2.40. The van der Waals surface area contributed by atoms with Crippen LogP contribution in [0.25, 0.3) is 0 Å². The Labute approximate surface area is 88.9 Å². The average molecular weight is 209 g/mol. The van der Waals surface area contributed by atoms with E-state index in [2.05, 4.69) is 5.32 Å². The summed E-state index contributed by atoms with van der Waals surface area (Å²) < 4.78 is 5.01. The van der Waals surface area contributed by atoms with Crippen molar-refractivity contribution in [3.63, 3.8) is 0 Å². The third-order valence-electron chi connectivity index (χ3n) is 2.04. The van der Waals surface area contributed by atoms with Gasteiger partial charge in [0.25, 0.3) is 0 Å². The van der Waals surface area contributed by atoms with Gasteiger partial charge in [0.05, 0.1) is 6.61 Å². The number of carbonyl (C=O) groups excluding carboxylic acids is 1. The molecule has 2 N–H and O–H groups in total. The summed E-state index contributed by atoms with van der Waals surface area (Å²) in [7, 11) is 1.60. The first kappa shape index (κ1) is 11.7. The Hall–Kier alpha value is -1.39. The van der Waals surface area contributed by atoms with Crippen LogP contribution >= 0.6 is 0 Å². The molecule has 1 aromatic rings. The highest BCUT2D eigenvalue weighted by atomic mass is 16.5. The van der Waals surface area contributed by atoms with E-state index < -0.39 is 12.0 Å². The third-order valence-corrected chi connectivity index (χ3v) is 2.04. The molecule has 0 heterocycles. The van der Waals surface area contributed by atoms with Gasteiger partial charge in [0, 0.05) is 0 Å². The molecule has 0 spiro atoms. The Bertz CT molecular complexity index is 296. The van der Waals surface area contributed by atoms with Gasteiger partial charge in [-0.1, -0.05) is 30.3 Å². The topological polar surface area (TPSA) is 58.6 Å². The summed E-state index contributed by atoms with van der Waals surface area (Å²) in [6.45, 7) is -0.0258. The maximum atomic E-state index is 11.3. The van der Waals surface area contributed by atoms with Crippen LogP contribution < -0.4 is 5.32 Å². The van der Waals surface area contributed by atoms with E-state index in [9.17, 15) is 4.79 Å². The Morgan fingerprint density at radius 1 is 1.47 bits per heavy atom. The molecule has 15 heavy (non-hydrogen) atoms. The van der Waals surface area contributed by atoms with Crippen molar-refractivity contribution < 1.29 is 14.6 Å². The summed E-state index contributed by atoms with van der Waals surface area (Å²) in [5.74, 6) is -0.441. The van der Waals surface area contributed by atoms with E-state index in [-0.39, 0.29) is 13.2 Å². The molecular formula is C11H15NO3. The molecule has 0 unspecified atom stereocenters. The fourth-order valence-corrected chi connectivity index (χ4v) is 1.11. The standard InChI is InChI=1S/C11H15NO3/c1-12-10(7-13)11(14)15-8-9-5-3-2-4-6-9/h2-6,10,12-13H,7-8H2,1H3/t10-/m0/s1. The van der Waals surface area contributed by atoms with Gasteiger partial charge >= 0.3 is 5.97 Å². The number of hydrogen-bond donors (Lipinski definition) is 2. The zero-order valence-corrected chi connectivity index (χ0v) is 8.64. The van der Waals surface area contributed by atoms with Crippen molar-refractivity contribution in [1.29, 1.82) is 0 Å². The van der Waals surface area contributed by atoms with Gasteiger partial charge in [0.15, 0.2) is 0 Å². The summed E-state index contributed by atoms with van der Waals surface area (Å²) in [4.78, 5) is 11.3. The van der Waals surface area contributed by atoms with Crippen LogP contribution in [0.3, 0.4) is 0 Å². The molecule has 4 heteroatoms. The molecule has 1 rings (SSSR count). The Morgan fingerprint density at radius 3 is 2.67 bits per heavy atom. The van der Waals surface area contributed by atoms with Gasteiger partial charge in [-0.2, -0.15) is 0 Å². The minimum absolute atomic E-state index is 0.234. The number of likely N-dealkylation sites (N-methyl/N-ethyl adjacent to an activating group) is 1. The zero-order valence-electron chi connectivity index (χ0n) is 8.64. The van der Waals surface area contributed by atoms with Crippen LogP contribution in [0.5, 0.6) is 0 Å². The van der Waals surface area contributed by atoms with Crippen molar-refractivity contribution in [1.82, 2.24) is 5.32 Å². The van der Waals surface area contributed by atoms with Crippen LogP contribution in [-0.4, -0.2) is 30.8 Å². The molecule has 0 saturated carbocycles. The van der Waals surface area contributed by atoms with Gasteiger partial charge in [-0.3, -0.25) is 4.79 Å². The van der Waals surface area contributed by atoms with Crippen LogP contribution in [-0.2, 0) is 16.1 Å². The first-order chi connectivity index (χ1) is 7.27. The monoisotopic (exact) mass is 209 g/mol. The van der Waals surface area contributed by atoms with E-state index in [0.29, 0.717) is 0 Å². The minimum Gasteiger partial charge on any atom is -0.460 e. The lowest BCUT2D eigenvalue weighted by atomic mass is 10.2. The fourth-order valence-electron chi connectivity index (χ4n) is 1.11. The normalized spacial score (nSPS) is 12.1. The van der Waals surface area contributed by atoms with E-state index in [1.807, 2.05) is 30.3 Å². The van der Waals surface area contributed by atoms with Crippen LogP contribution in [0.1, 0.15) is 5.56 Å². The first-order valence-electron chi connectivity index (χ1n) is 4.76. The van der Waals surface area contributed by atoms with Crippen molar-refractivity contribution in [2.45, 2.75) is 12.6 Å². The summed E-state index contributed by atoms with van der Waals surface area (Å²) in [5, 5.41) is 11.5.